The van der Waals surface area contributed by atoms with Gasteiger partial charge in [-0.3, -0.25) is 23.4 Å². The molecule has 0 amide bonds. The van der Waals surface area contributed by atoms with Gasteiger partial charge in [-0.2, -0.15) is 0 Å². The van der Waals surface area contributed by atoms with E-state index in [1.54, 1.807) is 0 Å². The number of phosphoric ester groups is 1. The van der Waals surface area contributed by atoms with E-state index < -0.39 is 51.1 Å². The van der Waals surface area contributed by atoms with Gasteiger partial charge in [-0.25, -0.2) is 4.57 Å². The molecular weight excluding hydrogens is 685 g/mol. The Kier molecular flexibility index (Phi) is 35.4. The molecule has 0 bridgehead atoms. The molecule has 0 rings (SSSR count). The lowest BCUT2D eigenvalue weighted by Crippen LogP contribution is -2.34. The van der Waals surface area contributed by atoms with Crippen LogP contribution in [0.5, 0.6) is 0 Å². The average molecular weight is 764 g/mol. The van der Waals surface area contributed by atoms with Crippen LogP contribution < -0.4 is 5.73 Å². The van der Waals surface area contributed by atoms with E-state index in [2.05, 4.69) is 18.4 Å². The van der Waals surface area contributed by atoms with Crippen LogP contribution in [0.25, 0.3) is 0 Å². The normalized spacial score (nSPS) is 13.8. The van der Waals surface area contributed by atoms with E-state index in [-0.39, 0.29) is 19.4 Å². The zero-order chi connectivity index (χ0) is 38.5. The maximum atomic E-state index is 12.5. The summed E-state index contributed by atoms with van der Waals surface area (Å²) in [6.07, 6.45) is 33.4. The zero-order valence-corrected chi connectivity index (χ0v) is 34.1. The number of unbranched alkanes of at least 4 members (excludes halogenated alkanes) is 26. The van der Waals surface area contributed by atoms with Gasteiger partial charge in [0.15, 0.2) is 6.10 Å². The summed E-state index contributed by atoms with van der Waals surface area (Å²) >= 11 is 0. The van der Waals surface area contributed by atoms with Crippen molar-refractivity contribution in [2.45, 2.75) is 219 Å². The van der Waals surface area contributed by atoms with Crippen molar-refractivity contribution in [2.75, 3.05) is 19.8 Å². The summed E-state index contributed by atoms with van der Waals surface area (Å²) in [7, 11) is -4.70. The first-order valence-electron chi connectivity index (χ1n) is 21.1. The molecule has 0 fully saturated rings. The molecular formula is C40H78NO10P. The largest absolute Gasteiger partial charge is 0.480 e. The lowest BCUT2D eigenvalue weighted by atomic mass is 10.0. The van der Waals surface area contributed by atoms with E-state index in [0.29, 0.717) is 12.8 Å². The molecule has 0 spiro atoms. The predicted octanol–water partition coefficient (Wildman–Crippen LogP) is 10.7. The summed E-state index contributed by atoms with van der Waals surface area (Å²) < 4.78 is 32.5. The summed E-state index contributed by atoms with van der Waals surface area (Å²) in [5, 5.41) is 8.85. The second-order valence-electron chi connectivity index (χ2n) is 14.5. The average Bonchev–Trinajstić information content (AvgIpc) is 3.12. The summed E-state index contributed by atoms with van der Waals surface area (Å²) in [4.78, 5) is 45.7. The van der Waals surface area contributed by atoms with E-state index in [9.17, 15) is 23.8 Å². The van der Waals surface area contributed by atoms with Gasteiger partial charge in [0.25, 0.3) is 0 Å². The van der Waals surface area contributed by atoms with Gasteiger partial charge in [-0.1, -0.05) is 181 Å². The standard InChI is InChI=1S/C40H78NO10P/c1-3-5-7-9-11-13-14-15-16-17-18-19-20-21-22-23-24-26-27-29-31-38(42)48-33-36(34-49-52(46,47)50-35-37(41)40(44)45)51-39(43)32-30-28-25-12-10-8-6-4-2/h36-37H,3-35,41H2,1-2H3,(H,44,45)(H,46,47)/t36-,37+/m0/s1. The molecule has 52 heavy (non-hydrogen) atoms. The Hall–Kier alpha value is -1.52. The Labute approximate surface area is 316 Å². The highest BCUT2D eigenvalue weighted by molar-refractivity contribution is 7.47. The third kappa shape index (κ3) is 35.5. The monoisotopic (exact) mass is 764 g/mol. The molecule has 0 heterocycles. The number of carboxylic acid groups (broad SMARTS) is 1. The number of hydrogen-bond donors (Lipinski definition) is 3. The zero-order valence-electron chi connectivity index (χ0n) is 33.2. The van der Waals surface area contributed by atoms with E-state index in [1.165, 1.54) is 128 Å². The minimum atomic E-state index is -4.70. The number of hydrogen-bond acceptors (Lipinski definition) is 9. The third-order valence-electron chi connectivity index (χ3n) is 9.36. The highest BCUT2D eigenvalue weighted by Gasteiger charge is 2.28. The molecule has 0 radical (unpaired) electrons. The van der Waals surface area contributed by atoms with Crippen molar-refractivity contribution in [3.8, 4) is 0 Å². The molecule has 308 valence electrons. The molecule has 12 heteroatoms. The third-order valence-corrected chi connectivity index (χ3v) is 10.3. The molecule has 0 aliphatic heterocycles. The maximum Gasteiger partial charge on any atom is 0.472 e. The van der Waals surface area contributed by atoms with Gasteiger partial charge < -0.3 is 25.2 Å². The second kappa shape index (κ2) is 36.5. The molecule has 0 saturated carbocycles. The molecule has 0 aliphatic rings. The fraction of sp³-hybridized carbons (Fsp3) is 0.925. The van der Waals surface area contributed by atoms with Crippen molar-refractivity contribution in [3.63, 3.8) is 0 Å². The minimum Gasteiger partial charge on any atom is -0.480 e. The van der Waals surface area contributed by atoms with Crippen LogP contribution in [0.1, 0.15) is 206 Å². The number of ether oxygens (including phenoxy) is 2. The van der Waals surface area contributed by atoms with Crippen molar-refractivity contribution in [3.05, 3.63) is 0 Å². The molecule has 11 nitrogen and oxygen atoms in total. The fourth-order valence-corrected chi connectivity index (χ4v) is 6.79. The molecule has 0 aromatic heterocycles. The Morgan fingerprint density at radius 2 is 0.846 bits per heavy atom. The summed E-state index contributed by atoms with van der Waals surface area (Å²) in [6, 6.07) is -1.51. The maximum absolute atomic E-state index is 12.5. The van der Waals surface area contributed by atoms with Crippen molar-refractivity contribution in [2.24, 2.45) is 5.73 Å². The first kappa shape index (κ1) is 50.5. The summed E-state index contributed by atoms with van der Waals surface area (Å²) in [5.74, 6) is -2.37. The Balaban J connectivity index is 4.17. The first-order valence-corrected chi connectivity index (χ1v) is 22.6. The molecule has 0 aliphatic carbocycles. The number of carboxylic acids is 1. The molecule has 4 N–H and O–H groups in total. The van der Waals surface area contributed by atoms with Gasteiger partial charge in [0, 0.05) is 12.8 Å². The Morgan fingerprint density at radius 1 is 0.519 bits per heavy atom. The Bertz CT molecular complexity index is 906. The van der Waals surface area contributed by atoms with Crippen LogP contribution in [0.2, 0.25) is 0 Å². The van der Waals surface area contributed by atoms with Crippen molar-refractivity contribution in [1.82, 2.24) is 0 Å². The molecule has 0 aromatic carbocycles. The molecule has 0 saturated heterocycles. The second-order valence-corrected chi connectivity index (χ2v) is 15.9. The van der Waals surface area contributed by atoms with Gasteiger partial charge in [-0.15, -0.1) is 0 Å². The van der Waals surface area contributed by atoms with Gasteiger partial charge >= 0.3 is 25.7 Å². The smallest absolute Gasteiger partial charge is 0.472 e. The Morgan fingerprint density at radius 3 is 1.21 bits per heavy atom. The van der Waals surface area contributed by atoms with Gasteiger partial charge in [0.1, 0.15) is 12.6 Å². The van der Waals surface area contributed by atoms with Crippen LogP contribution in [0, 0.1) is 0 Å². The number of nitrogens with two attached hydrogens (primary N) is 1. The quantitative estimate of drug-likeness (QED) is 0.0308. The van der Waals surface area contributed by atoms with E-state index in [0.717, 1.165) is 38.5 Å². The van der Waals surface area contributed by atoms with Crippen molar-refractivity contribution in [1.29, 1.82) is 0 Å². The number of rotatable bonds is 40. The minimum absolute atomic E-state index is 0.166. The molecule has 1 unspecified atom stereocenters. The highest BCUT2D eigenvalue weighted by Crippen LogP contribution is 2.43. The summed E-state index contributed by atoms with van der Waals surface area (Å²) in [6.45, 7) is 2.78. The number of carbonyl (C=O) groups is 3. The molecule has 3 atom stereocenters. The predicted molar refractivity (Wildman–Crippen MR) is 208 cm³/mol. The fourth-order valence-electron chi connectivity index (χ4n) is 6.01. The van der Waals surface area contributed by atoms with Crippen LogP contribution >= 0.6 is 7.82 Å². The van der Waals surface area contributed by atoms with Crippen LogP contribution in [-0.2, 0) is 37.5 Å². The van der Waals surface area contributed by atoms with Crippen LogP contribution in [0.15, 0.2) is 0 Å². The molecule has 0 aromatic rings. The van der Waals surface area contributed by atoms with Crippen LogP contribution in [-0.4, -0.2) is 59.9 Å². The van der Waals surface area contributed by atoms with Gasteiger partial charge in [-0.05, 0) is 12.8 Å². The van der Waals surface area contributed by atoms with E-state index in [4.69, 9.17) is 24.8 Å². The number of phosphoric acid groups is 1. The van der Waals surface area contributed by atoms with Crippen LogP contribution in [0.4, 0.5) is 0 Å². The van der Waals surface area contributed by atoms with Crippen LogP contribution in [0.3, 0.4) is 0 Å². The van der Waals surface area contributed by atoms with Crippen molar-refractivity contribution >= 4 is 25.7 Å². The van der Waals surface area contributed by atoms with E-state index in [1.807, 2.05) is 0 Å². The van der Waals surface area contributed by atoms with Gasteiger partial charge in [0.2, 0.25) is 0 Å². The van der Waals surface area contributed by atoms with Crippen molar-refractivity contribution < 1.29 is 47.5 Å². The first-order chi connectivity index (χ1) is 25.1. The van der Waals surface area contributed by atoms with E-state index >= 15 is 0 Å². The topological polar surface area (TPSA) is 172 Å². The number of carbonyl (C=O) groups excluding carboxylic acids is 2. The lowest BCUT2D eigenvalue weighted by Gasteiger charge is -2.20. The number of esters is 2. The van der Waals surface area contributed by atoms with Gasteiger partial charge in [0.05, 0.1) is 13.2 Å². The number of aliphatic carboxylic acids is 1. The SMILES string of the molecule is CCCCCCCCCCCCCCCCCCCCCCC(=O)OC[C@@H](COP(=O)(O)OC[C@@H](N)C(=O)O)OC(=O)CCCCCCCCCC. The lowest BCUT2D eigenvalue weighted by molar-refractivity contribution is -0.161. The highest BCUT2D eigenvalue weighted by atomic mass is 31.2. The summed E-state index contributed by atoms with van der Waals surface area (Å²) in [5.41, 5.74) is 5.31.